The minimum absolute atomic E-state index is 0.0357. The Hall–Kier alpha value is -2.17. The molecule has 112 valence electrons. The topological polar surface area (TPSA) is 51.5 Å². The SMILES string of the molecule is C[NH2+][C@H](C)c1nc2ccccc2c(=O)n1-c1ccccc1Cl. The van der Waals surface area contributed by atoms with Gasteiger partial charge in [-0.1, -0.05) is 35.9 Å². The third-order valence-electron chi connectivity index (χ3n) is 3.80. The van der Waals surface area contributed by atoms with Crippen molar-refractivity contribution in [1.29, 1.82) is 0 Å². The van der Waals surface area contributed by atoms with E-state index in [0.29, 0.717) is 27.4 Å². The molecule has 0 saturated heterocycles. The minimum Gasteiger partial charge on any atom is -0.340 e. The van der Waals surface area contributed by atoms with Crippen molar-refractivity contribution in [1.82, 2.24) is 9.55 Å². The standard InChI is InChI=1S/C17H16ClN3O/c1-11(19-2)16-20-14-9-5-3-7-12(14)17(22)21(16)15-10-6-4-8-13(15)18/h3-11,19H,1-2H3/p+1/t11-/m1/s1. The van der Waals surface area contributed by atoms with Crippen LogP contribution in [0.5, 0.6) is 0 Å². The predicted molar refractivity (Wildman–Crippen MR) is 88.6 cm³/mol. The third kappa shape index (κ3) is 2.40. The number of rotatable bonds is 3. The molecule has 3 rings (SSSR count). The number of hydrogen-bond donors (Lipinski definition) is 1. The van der Waals surface area contributed by atoms with Crippen LogP contribution >= 0.6 is 11.6 Å². The maximum Gasteiger partial charge on any atom is 0.266 e. The first kappa shape index (κ1) is 14.8. The first-order valence-corrected chi connectivity index (χ1v) is 7.57. The van der Waals surface area contributed by atoms with Crippen LogP contribution in [0.4, 0.5) is 0 Å². The van der Waals surface area contributed by atoms with E-state index in [2.05, 4.69) is 0 Å². The zero-order valence-electron chi connectivity index (χ0n) is 12.5. The van der Waals surface area contributed by atoms with Gasteiger partial charge in [-0.3, -0.25) is 9.36 Å². The summed E-state index contributed by atoms with van der Waals surface area (Å²) >= 11 is 6.30. The monoisotopic (exact) mass is 314 g/mol. The number of halogens is 1. The van der Waals surface area contributed by atoms with Crippen molar-refractivity contribution < 1.29 is 5.32 Å². The zero-order chi connectivity index (χ0) is 15.7. The normalized spacial score (nSPS) is 12.5. The van der Waals surface area contributed by atoms with Crippen molar-refractivity contribution in [2.24, 2.45) is 0 Å². The number of nitrogens with two attached hydrogens (primary N) is 1. The van der Waals surface area contributed by atoms with Gasteiger partial charge in [0.05, 0.1) is 28.7 Å². The van der Waals surface area contributed by atoms with E-state index in [1.165, 1.54) is 0 Å². The van der Waals surface area contributed by atoms with E-state index in [-0.39, 0.29) is 11.6 Å². The number of fused-ring (bicyclic) bond motifs is 1. The van der Waals surface area contributed by atoms with Crippen molar-refractivity contribution in [3.63, 3.8) is 0 Å². The third-order valence-corrected chi connectivity index (χ3v) is 4.12. The summed E-state index contributed by atoms with van der Waals surface area (Å²) in [5.41, 5.74) is 1.28. The predicted octanol–water partition coefficient (Wildman–Crippen LogP) is 2.29. The largest absolute Gasteiger partial charge is 0.340 e. The zero-order valence-corrected chi connectivity index (χ0v) is 13.2. The highest BCUT2D eigenvalue weighted by Crippen LogP contribution is 2.22. The van der Waals surface area contributed by atoms with Crippen molar-refractivity contribution in [2.45, 2.75) is 13.0 Å². The van der Waals surface area contributed by atoms with Gasteiger partial charge in [-0.2, -0.15) is 0 Å². The van der Waals surface area contributed by atoms with Gasteiger partial charge < -0.3 is 5.32 Å². The molecule has 5 heteroatoms. The smallest absolute Gasteiger partial charge is 0.266 e. The molecule has 0 bridgehead atoms. The van der Waals surface area contributed by atoms with Crippen LogP contribution in [0.1, 0.15) is 18.8 Å². The fourth-order valence-electron chi connectivity index (χ4n) is 2.47. The van der Waals surface area contributed by atoms with Crippen molar-refractivity contribution >= 4 is 22.5 Å². The quantitative estimate of drug-likeness (QED) is 0.806. The number of quaternary nitrogens is 1. The highest BCUT2D eigenvalue weighted by Gasteiger charge is 2.19. The molecular formula is C17H17ClN3O+. The number of para-hydroxylation sites is 2. The van der Waals surface area contributed by atoms with Crippen LogP contribution in [0.25, 0.3) is 16.6 Å². The van der Waals surface area contributed by atoms with Crippen LogP contribution in [-0.4, -0.2) is 16.6 Å². The van der Waals surface area contributed by atoms with Crippen LogP contribution in [0.2, 0.25) is 5.02 Å². The summed E-state index contributed by atoms with van der Waals surface area (Å²) in [4.78, 5) is 17.7. The second kappa shape index (κ2) is 5.91. The van der Waals surface area contributed by atoms with Gasteiger partial charge in [0.15, 0.2) is 5.82 Å². The van der Waals surface area contributed by atoms with E-state index in [0.717, 1.165) is 0 Å². The lowest BCUT2D eigenvalue weighted by atomic mass is 10.2. The van der Waals surface area contributed by atoms with Crippen LogP contribution in [0.15, 0.2) is 53.3 Å². The molecule has 22 heavy (non-hydrogen) atoms. The molecule has 0 aliphatic carbocycles. The lowest BCUT2D eigenvalue weighted by molar-refractivity contribution is -0.668. The van der Waals surface area contributed by atoms with Crippen LogP contribution in [0, 0.1) is 0 Å². The van der Waals surface area contributed by atoms with E-state index in [1.54, 1.807) is 16.7 Å². The second-order valence-corrected chi connectivity index (χ2v) is 5.61. The van der Waals surface area contributed by atoms with Gasteiger partial charge in [0, 0.05) is 0 Å². The fourth-order valence-corrected chi connectivity index (χ4v) is 2.69. The van der Waals surface area contributed by atoms with Crippen LogP contribution in [-0.2, 0) is 0 Å². The van der Waals surface area contributed by atoms with E-state index in [9.17, 15) is 4.79 Å². The maximum absolute atomic E-state index is 13.0. The van der Waals surface area contributed by atoms with E-state index >= 15 is 0 Å². The Kier molecular flexibility index (Phi) is 3.96. The van der Waals surface area contributed by atoms with E-state index in [1.807, 2.05) is 55.7 Å². The molecule has 1 heterocycles. The summed E-state index contributed by atoms with van der Waals surface area (Å²) < 4.78 is 1.62. The molecule has 0 spiro atoms. The summed E-state index contributed by atoms with van der Waals surface area (Å²) in [5.74, 6) is 0.694. The molecule has 0 aliphatic heterocycles. The maximum atomic E-state index is 13.0. The lowest BCUT2D eigenvalue weighted by Gasteiger charge is -2.17. The van der Waals surface area contributed by atoms with Gasteiger partial charge >= 0.3 is 0 Å². The molecule has 0 unspecified atom stereocenters. The first-order valence-electron chi connectivity index (χ1n) is 7.19. The molecule has 0 radical (unpaired) electrons. The molecule has 2 aromatic carbocycles. The average Bonchev–Trinajstić information content (AvgIpc) is 2.55. The molecule has 1 aromatic heterocycles. The van der Waals surface area contributed by atoms with E-state index < -0.39 is 0 Å². The Morgan fingerprint density at radius 1 is 1.14 bits per heavy atom. The van der Waals surface area contributed by atoms with Crippen molar-refractivity contribution in [2.75, 3.05) is 7.05 Å². The highest BCUT2D eigenvalue weighted by atomic mass is 35.5. The van der Waals surface area contributed by atoms with Crippen LogP contribution < -0.4 is 10.9 Å². The summed E-state index contributed by atoms with van der Waals surface area (Å²) in [6, 6.07) is 14.8. The summed E-state index contributed by atoms with van der Waals surface area (Å²) in [7, 11) is 1.96. The molecule has 0 saturated carbocycles. The molecule has 3 aromatic rings. The summed E-state index contributed by atoms with van der Waals surface area (Å²) in [6.07, 6.45) is 0. The Morgan fingerprint density at radius 3 is 2.55 bits per heavy atom. The van der Waals surface area contributed by atoms with Crippen LogP contribution in [0.3, 0.4) is 0 Å². The molecule has 0 aliphatic rings. The molecule has 2 N–H and O–H groups in total. The summed E-state index contributed by atoms with van der Waals surface area (Å²) in [6.45, 7) is 2.02. The molecule has 0 amide bonds. The lowest BCUT2D eigenvalue weighted by Crippen LogP contribution is -2.80. The van der Waals surface area contributed by atoms with Gasteiger partial charge in [-0.25, -0.2) is 4.98 Å². The van der Waals surface area contributed by atoms with Crippen molar-refractivity contribution in [3.8, 4) is 5.69 Å². The Morgan fingerprint density at radius 2 is 1.82 bits per heavy atom. The molecule has 1 atom stereocenters. The van der Waals surface area contributed by atoms with Crippen molar-refractivity contribution in [3.05, 3.63) is 69.7 Å². The Bertz CT molecular complexity index is 888. The number of aromatic nitrogens is 2. The Labute approximate surface area is 133 Å². The Balaban J connectivity index is 2.43. The minimum atomic E-state index is -0.0950. The first-order chi connectivity index (χ1) is 10.6. The van der Waals surface area contributed by atoms with Gasteiger partial charge in [-0.15, -0.1) is 0 Å². The van der Waals surface area contributed by atoms with E-state index in [4.69, 9.17) is 16.6 Å². The number of benzene rings is 2. The van der Waals surface area contributed by atoms with Gasteiger partial charge in [0.1, 0.15) is 6.04 Å². The van der Waals surface area contributed by atoms with Gasteiger partial charge in [0.25, 0.3) is 5.56 Å². The average molecular weight is 315 g/mol. The molecule has 4 nitrogen and oxygen atoms in total. The van der Waals surface area contributed by atoms with Gasteiger partial charge in [0.2, 0.25) is 0 Å². The fraction of sp³-hybridized carbons (Fsp3) is 0.176. The number of nitrogens with zero attached hydrogens (tertiary/aromatic N) is 2. The second-order valence-electron chi connectivity index (χ2n) is 5.20. The summed E-state index contributed by atoms with van der Waals surface area (Å²) in [5, 5.41) is 3.14. The number of hydrogen-bond acceptors (Lipinski definition) is 2. The van der Waals surface area contributed by atoms with Gasteiger partial charge in [-0.05, 0) is 31.2 Å². The molecular weight excluding hydrogens is 298 g/mol. The molecule has 0 fully saturated rings. The highest BCUT2D eigenvalue weighted by molar-refractivity contribution is 6.32.